The van der Waals surface area contributed by atoms with Crippen LogP contribution < -0.4 is 10.6 Å². The number of nitrogens with zero attached hydrogens (tertiary/aromatic N) is 1. The second kappa shape index (κ2) is 9.00. The van der Waals surface area contributed by atoms with Crippen LogP contribution in [0.15, 0.2) is 42.6 Å². The number of hydrogen-bond acceptors (Lipinski definition) is 4. The summed E-state index contributed by atoms with van der Waals surface area (Å²) in [5, 5.41) is 5.88. The van der Waals surface area contributed by atoms with Gasteiger partial charge in [0.2, 0.25) is 11.8 Å². The van der Waals surface area contributed by atoms with Crippen LogP contribution in [-0.4, -0.2) is 30.0 Å². The maximum absolute atomic E-state index is 11.7. The fraction of sp³-hybridized carbons (Fsp3) is 0.235. The number of hydrogen-bond donors (Lipinski definition) is 2. The average Bonchev–Trinajstić information content (AvgIpc) is 2.57. The number of carbonyl (C=O) groups is 2. The lowest BCUT2D eigenvalue weighted by Gasteiger charge is -2.08. The van der Waals surface area contributed by atoms with Gasteiger partial charge in [0, 0.05) is 16.9 Å². The number of carbonyl (C=O) groups excluding carboxylic acids is 2. The van der Waals surface area contributed by atoms with E-state index in [-0.39, 0.29) is 25.0 Å². The molecule has 0 aliphatic carbocycles. The standard InChI is InChI=1S/C17H18ClN3O3/c1-12-5-6-13(8-15(12)18)21-17(23)11-24-10-16(22)20-9-14-4-2-3-7-19-14/h2-8H,9-11H2,1H3,(H,20,22)(H,21,23). The van der Waals surface area contributed by atoms with Gasteiger partial charge in [-0.15, -0.1) is 0 Å². The van der Waals surface area contributed by atoms with Crippen molar-refractivity contribution in [3.05, 3.63) is 58.9 Å². The van der Waals surface area contributed by atoms with Gasteiger partial charge >= 0.3 is 0 Å². The first-order valence-corrected chi connectivity index (χ1v) is 7.73. The molecule has 126 valence electrons. The van der Waals surface area contributed by atoms with Crippen LogP contribution in [-0.2, 0) is 20.9 Å². The van der Waals surface area contributed by atoms with E-state index in [2.05, 4.69) is 15.6 Å². The predicted octanol–water partition coefficient (Wildman–Crippen LogP) is 2.31. The van der Waals surface area contributed by atoms with E-state index in [1.54, 1.807) is 30.5 Å². The average molecular weight is 348 g/mol. The largest absolute Gasteiger partial charge is 0.362 e. The third kappa shape index (κ3) is 5.98. The van der Waals surface area contributed by atoms with Crippen LogP contribution in [0.1, 0.15) is 11.3 Å². The van der Waals surface area contributed by atoms with Crippen molar-refractivity contribution in [3.8, 4) is 0 Å². The van der Waals surface area contributed by atoms with E-state index in [9.17, 15) is 9.59 Å². The van der Waals surface area contributed by atoms with Crippen molar-refractivity contribution in [2.45, 2.75) is 13.5 Å². The first-order chi connectivity index (χ1) is 11.5. The van der Waals surface area contributed by atoms with Gasteiger partial charge in [0.1, 0.15) is 13.2 Å². The topological polar surface area (TPSA) is 80.3 Å². The van der Waals surface area contributed by atoms with Crippen LogP contribution in [0.2, 0.25) is 5.02 Å². The van der Waals surface area contributed by atoms with Gasteiger partial charge in [0.05, 0.1) is 12.2 Å². The second-order valence-corrected chi connectivity index (χ2v) is 5.51. The fourth-order valence-electron chi connectivity index (χ4n) is 1.85. The number of halogens is 1. The van der Waals surface area contributed by atoms with E-state index >= 15 is 0 Å². The summed E-state index contributed by atoms with van der Waals surface area (Å²) < 4.78 is 5.09. The van der Waals surface area contributed by atoms with Crippen molar-refractivity contribution in [2.24, 2.45) is 0 Å². The zero-order valence-corrected chi connectivity index (χ0v) is 14.0. The number of pyridine rings is 1. The van der Waals surface area contributed by atoms with E-state index in [0.717, 1.165) is 11.3 Å². The van der Waals surface area contributed by atoms with Crippen molar-refractivity contribution < 1.29 is 14.3 Å². The minimum absolute atomic E-state index is 0.199. The number of anilines is 1. The quantitative estimate of drug-likeness (QED) is 0.805. The molecule has 1 aromatic heterocycles. The highest BCUT2D eigenvalue weighted by atomic mass is 35.5. The molecule has 2 aromatic rings. The van der Waals surface area contributed by atoms with Gasteiger partial charge in [-0.3, -0.25) is 14.6 Å². The molecule has 0 unspecified atom stereocenters. The Morgan fingerprint density at radius 2 is 1.96 bits per heavy atom. The van der Waals surface area contributed by atoms with Crippen molar-refractivity contribution in [2.75, 3.05) is 18.5 Å². The molecule has 0 fully saturated rings. The Kier molecular flexibility index (Phi) is 6.72. The predicted molar refractivity (Wildman–Crippen MR) is 91.7 cm³/mol. The summed E-state index contributed by atoms with van der Waals surface area (Å²) >= 11 is 5.99. The van der Waals surface area contributed by atoms with Gasteiger partial charge in [-0.05, 0) is 36.8 Å². The summed E-state index contributed by atoms with van der Waals surface area (Å²) in [7, 11) is 0. The first kappa shape index (κ1) is 17.9. The van der Waals surface area contributed by atoms with Crippen LogP contribution in [0.4, 0.5) is 5.69 Å². The minimum Gasteiger partial charge on any atom is -0.362 e. The molecule has 0 bridgehead atoms. The van der Waals surface area contributed by atoms with Crippen LogP contribution in [0, 0.1) is 6.92 Å². The Morgan fingerprint density at radius 3 is 2.67 bits per heavy atom. The van der Waals surface area contributed by atoms with Crippen LogP contribution in [0.25, 0.3) is 0 Å². The summed E-state index contributed by atoms with van der Waals surface area (Å²) in [5.41, 5.74) is 2.26. The zero-order valence-electron chi connectivity index (χ0n) is 13.2. The van der Waals surface area contributed by atoms with E-state index in [0.29, 0.717) is 17.3 Å². The number of amides is 2. The molecule has 7 heteroatoms. The van der Waals surface area contributed by atoms with Gasteiger partial charge in [0.15, 0.2) is 0 Å². The molecule has 0 radical (unpaired) electrons. The molecule has 0 atom stereocenters. The van der Waals surface area contributed by atoms with E-state index < -0.39 is 0 Å². The third-order valence-electron chi connectivity index (χ3n) is 3.11. The zero-order chi connectivity index (χ0) is 17.4. The molecule has 0 aliphatic rings. The van der Waals surface area contributed by atoms with Gasteiger partial charge in [-0.2, -0.15) is 0 Å². The highest BCUT2D eigenvalue weighted by Crippen LogP contribution is 2.19. The normalized spacial score (nSPS) is 10.2. The molecule has 0 saturated carbocycles. The molecule has 0 saturated heterocycles. The molecule has 1 heterocycles. The summed E-state index contributed by atoms with van der Waals surface area (Å²) in [6.07, 6.45) is 1.65. The molecule has 0 aliphatic heterocycles. The maximum atomic E-state index is 11.7. The SMILES string of the molecule is Cc1ccc(NC(=O)COCC(=O)NCc2ccccn2)cc1Cl. The van der Waals surface area contributed by atoms with E-state index in [1.165, 1.54) is 0 Å². The molecule has 0 spiro atoms. The van der Waals surface area contributed by atoms with Gasteiger partial charge in [-0.1, -0.05) is 23.7 Å². The smallest absolute Gasteiger partial charge is 0.250 e. The Balaban J connectivity index is 1.66. The molecular formula is C17H18ClN3O3. The van der Waals surface area contributed by atoms with Crippen molar-refractivity contribution in [1.82, 2.24) is 10.3 Å². The molecule has 2 N–H and O–H groups in total. The molecular weight excluding hydrogens is 330 g/mol. The molecule has 6 nitrogen and oxygen atoms in total. The number of aromatic nitrogens is 1. The number of benzene rings is 1. The fourth-order valence-corrected chi connectivity index (χ4v) is 2.03. The lowest BCUT2D eigenvalue weighted by atomic mass is 10.2. The minimum atomic E-state index is -0.354. The lowest BCUT2D eigenvalue weighted by Crippen LogP contribution is -2.29. The number of nitrogens with one attached hydrogen (secondary N) is 2. The van der Waals surface area contributed by atoms with Gasteiger partial charge in [-0.25, -0.2) is 0 Å². The molecule has 24 heavy (non-hydrogen) atoms. The lowest BCUT2D eigenvalue weighted by molar-refractivity contribution is -0.128. The summed E-state index contributed by atoms with van der Waals surface area (Å²) in [6, 6.07) is 10.7. The Labute approximate surface area is 145 Å². The highest BCUT2D eigenvalue weighted by Gasteiger charge is 2.07. The van der Waals surface area contributed by atoms with Crippen molar-refractivity contribution >= 4 is 29.1 Å². The summed E-state index contributed by atoms with van der Waals surface area (Å²) in [5.74, 6) is -0.667. The second-order valence-electron chi connectivity index (χ2n) is 5.10. The van der Waals surface area contributed by atoms with Crippen molar-refractivity contribution in [1.29, 1.82) is 0 Å². The first-order valence-electron chi connectivity index (χ1n) is 7.35. The van der Waals surface area contributed by atoms with Crippen LogP contribution in [0.5, 0.6) is 0 Å². The van der Waals surface area contributed by atoms with Crippen LogP contribution in [0.3, 0.4) is 0 Å². The maximum Gasteiger partial charge on any atom is 0.250 e. The highest BCUT2D eigenvalue weighted by molar-refractivity contribution is 6.31. The Hall–Kier alpha value is -2.44. The van der Waals surface area contributed by atoms with Crippen molar-refractivity contribution in [3.63, 3.8) is 0 Å². The monoisotopic (exact) mass is 347 g/mol. The Bertz CT molecular complexity index is 707. The molecule has 2 rings (SSSR count). The summed E-state index contributed by atoms with van der Waals surface area (Å²) in [6.45, 7) is 1.77. The number of aryl methyl sites for hydroxylation is 1. The van der Waals surface area contributed by atoms with E-state index in [4.69, 9.17) is 16.3 Å². The molecule has 2 amide bonds. The third-order valence-corrected chi connectivity index (χ3v) is 3.52. The van der Waals surface area contributed by atoms with Crippen LogP contribution >= 0.6 is 11.6 Å². The van der Waals surface area contributed by atoms with E-state index in [1.807, 2.05) is 19.1 Å². The summed E-state index contributed by atoms with van der Waals surface area (Å²) in [4.78, 5) is 27.5. The number of ether oxygens (including phenoxy) is 1. The Morgan fingerprint density at radius 1 is 1.17 bits per heavy atom. The van der Waals surface area contributed by atoms with Gasteiger partial charge < -0.3 is 15.4 Å². The molecule has 1 aromatic carbocycles. The number of rotatable bonds is 7. The van der Waals surface area contributed by atoms with Gasteiger partial charge in [0.25, 0.3) is 0 Å².